The lowest BCUT2D eigenvalue weighted by Gasteiger charge is -2.14. The fraction of sp³-hybridized carbons (Fsp3) is 0.364. The maximum absolute atomic E-state index is 12.1. The SMILES string of the molecule is O=C(NC1CS(=O)(=O)CC1Cl)c1cc(Br)cc([N+](=O)[O-])c1. The summed E-state index contributed by atoms with van der Waals surface area (Å²) in [5.41, 5.74) is -0.180. The van der Waals surface area contributed by atoms with Crippen molar-refractivity contribution in [3.8, 4) is 0 Å². The standard InChI is InChI=1S/C11H10BrClN2O5S/c12-7-1-6(2-8(3-7)15(17)18)11(16)14-10-5-21(19,20)4-9(10)13/h1-3,9-10H,4-5H2,(H,14,16). The first kappa shape index (κ1) is 16.2. The molecule has 1 aromatic carbocycles. The number of nitro benzene ring substituents is 1. The van der Waals surface area contributed by atoms with E-state index in [0.29, 0.717) is 4.47 Å². The summed E-state index contributed by atoms with van der Waals surface area (Å²) in [6, 6.07) is 3.09. The highest BCUT2D eigenvalue weighted by Crippen LogP contribution is 2.23. The van der Waals surface area contributed by atoms with Crippen LogP contribution >= 0.6 is 27.5 Å². The van der Waals surface area contributed by atoms with Crippen LogP contribution in [0, 0.1) is 10.1 Å². The van der Waals surface area contributed by atoms with E-state index in [1.54, 1.807) is 0 Å². The van der Waals surface area contributed by atoms with E-state index in [-0.39, 0.29) is 22.8 Å². The molecular weight excluding hydrogens is 388 g/mol. The number of halogens is 2. The van der Waals surface area contributed by atoms with Crippen LogP contribution in [0.15, 0.2) is 22.7 Å². The van der Waals surface area contributed by atoms with Crippen LogP contribution in [-0.2, 0) is 9.84 Å². The van der Waals surface area contributed by atoms with Gasteiger partial charge in [0.1, 0.15) is 0 Å². The second-order valence-corrected chi connectivity index (χ2v) is 8.26. The lowest BCUT2D eigenvalue weighted by atomic mass is 10.1. The van der Waals surface area contributed by atoms with Crippen molar-refractivity contribution in [1.82, 2.24) is 5.32 Å². The number of carbonyl (C=O) groups is 1. The van der Waals surface area contributed by atoms with Crippen molar-refractivity contribution in [3.63, 3.8) is 0 Å². The zero-order valence-corrected chi connectivity index (χ0v) is 13.6. The van der Waals surface area contributed by atoms with Gasteiger partial charge in [-0.3, -0.25) is 14.9 Å². The summed E-state index contributed by atoms with van der Waals surface area (Å²) in [7, 11) is -3.27. The van der Waals surface area contributed by atoms with E-state index in [2.05, 4.69) is 21.2 Å². The van der Waals surface area contributed by atoms with Gasteiger partial charge in [0.05, 0.1) is 27.8 Å². The van der Waals surface area contributed by atoms with Crippen molar-refractivity contribution >= 4 is 49.0 Å². The van der Waals surface area contributed by atoms with Gasteiger partial charge in [0.15, 0.2) is 9.84 Å². The maximum Gasteiger partial charge on any atom is 0.271 e. The molecule has 0 bridgehead atoms. The molecule has 1 saturated heterocycles. The predicted octanol–water partition coefficient (Wildman–Crippen LogP) is 1.49. The van der Waals surface area contributed by atoms with Gasteiger partial charge in [-0.25, -0.2) is 8.42 Å². The lowest BCUT2D eigenvalue weighted by molar-refractivity contribution is -0.385. The molecule has 21 heavy (non-hydrogen) atoms. The first-order chi connectivity index (χ1) is 9.68. The van der Waals surface area contributed by atoms with Crippen molar-refractivity contribution in [2.24, 2.45) is 0 Å². The fourth-order valence-electron chi connectivity index (χ4n) is 2.00. The van der Waals surface area contributed by atoms with E-state index >= 15 is 0 Å². The summed E-state index contributed by atoms with van der Waals surface area (Å²) < 4.78 is 23.2. The van der Waals surface area contributed by atoms with Crippen LogP contribution in [0.4, 0.5) is 5.69 Å². The summed E-state index contributed by atoms with van der Waals surface area (Å²) in [4.78, 5) is 22.2. The number of hydrogen-bond acceptors (Lipinski definition) is 5. The Labute approximate surface area is 133 Å². The van der Waals surface area contributed by atoms with Crippen LogP contribution in [0.2, 0.25) is 0 Å². The molecule has 2 unspecified atom stereocenters. The summed E-state index contributed by atoms with van der Waals surface area (Å²) in [6.45, 7) is 0. The van der Waals surface area contributed by atoms with E-state index in [1.807, 2.05) is 0 Å². The van der Waals surface area contributed by atoms with Gasteiger partial charge in [-0.2, -0.15) is 0 Å². The highest BCUT2D eigenvalue weighted by Gasteiger charge is 2.37. The third-order valence-electron chi connectivity index (χ3n) is 2.96. The van der Waals surface area contributed by atoms with Gasteiger partial charge in [-0.15, -0.1) is 11.6 Å². The van der Waals surface area contributed by atoms with Gasteiger partial charge in [0.2, 0.25) is 0 Å². The van der Waals surface area contributed by atoms with Gasteiger partial charge >= 0.3 is 0 Å². The topological polar surface area (TPSA) is 106 Å². The van der Waals surface area contributed by atoms with Crippen LogP contribution in [0.3, 0.4) is 0 Å². The lowest BCUT2D eigenvalue weighted by Crippen LogP contribution is -2.40. The predicted molar refractivity (Wildman–Crippen MR) is 80.3 cm³/mol. The average molecular weight is 398 g/mol. The van der Waals surface area contributed by atoms with Crippen molar-refractivity contribution < 1.29 is 18.1 Å². The van der Waals surface area contributed by atoms with Gasteiger partial charge in [-0.05, 0) is 6.07 Å². The largest absolute Gasteiger partial charge is 0.347 e. The molecule has 1 aliphatic rings. The van der Waals surface area contributed by atoms with Crippen molar-refractivity contribution in [2.75, 3.05) is 11.5 Å². The van der Waals surface area contributed by atoms with Crippen LogP contribution < -0.4 is 5.32 Å². The quantitative estimate of drug-likeness (QED) is 0.472. The smallest absolute Gasteiger partial charge is 0.271 e. The minimum atomic E-state index is -3.27. The van der Waals surface area contributed by atoms with Crippen LogP contribution in [0.5, 0.6) is 0 Å². The number of benzene rings is 1. The number of rotatable bonds is 3. The number of nitrogens with zero attached hydrogens (tertiary/aromatic N) is 1. The zero-order chi connectivity index (χ0) is 15.8. The van der Waals surface area contributed by atoms with Crippen molar-refractivity contribution in [1.29, 1.82) is 0 Å². The molecule has 0 aromatic heterocycles. The number of nitro groups is 1. The first-order valence-electron chi connectivity index (χ1n) is 5.78. The molecule has 0 aliphatic carbocycles. The fourth-order valence-corrected chi connectivity index (χ4v) is 5.03. The Balaban J connectivity index is 2.20. The molecule has 7 nitrogen and oxygen atoms in total. The summed E-state index contributed by atoms with van der Waals surface area (Å²) in [5.74, 6) is -1.03. The molecule has 0 saturated carbocycles. The molecule has 1 amide bonds. The molecular formula is C11H10BrClN2O5S. The van der Waals surface area contributed by atoms with E-state index in [1.165, 1.54) is 12.1 Å². The Kier molecular flexibility index (Phi) is 4.54. The molecule has 1 aromatic rings. The van der Waals surface area contributed by atoms with Crippen molar-refractivity contribution in [2.45, 2.75) is 11.4 Å². The molecule has 2 atom stereocenters. The van der Waals surface area contributed by atoms with Crippen LogP contribution in [0.25, 0.3) is 0 Å². The molecule has 1 N–H and O–H groups in total. The summed E-state index contributed by atoms with van der Waals surface area (Å²) in [6.07, 6.45) is 0. The minimum Gasteiger partial charge on any atom is -0.347 e. The second-order valence-electron chi connectivity index (χ2n) is 4.63. The third kappa shape index (κ3) is 3.92. The van der Waals surface area contributed by atoms with Gasteiger partial charge in [-0.1, -0.05) is 15.9 Å². The van der Waals surface area contributed by atoms with Gasteiger partial charge in [0.25, 0.3) is 11.6 Å². The highest BCUT2D eigenvalue weighted by atomic mass is 79.9. The maximum atomic E-state index is 12.1. The summed E-state index contributed by atoms with van der Waals surface area (Å²) in [5, 5.41) is 12.6. The average Bonchev–Trinajstić information content (AvgIpc) is 2.61. The summed E-state index contributed by atoms with van der Waals surface area (Å²) >= 11 is 8.98. The number of carbonyl (C=O) groups excluding carboxylic acids is 1. The molecule has 1 aliphatic heterocycles. The number of hydrogen-bond donors (Lipinski definition) is 1. The molecule has 114 valence electrons. The van der Waals surface area contributed by atoms with Crippen LogP contribution in [0.1, 0.15) is 10.4 Å². The minimum absolute atomic E-state index is 0.0595. The van der Waals surface area contributed by atoms with Gasteiger partial charge in [0, 0.05) is 22.2 Å². The first-order valence-corrected chi connectivity index (χ1v) is 8.83. The Morgan fingerprint density at radius 2 is 2.05 bits per heavy atom. The van der Waals surface area contributed by atoms with E-state index < -0.39 is 32.1 Å². The Morgan fingerprint density at radius 1 is 1.38 bits per heavy atom. The van der Waals surface area contributed by atoms with E-state index in [4.69, 9.17) is 11.6 Å². The van der Waals surface area contributed by atoms with E-state index in [9.17, 15) is 23.3 Å². The monoisotopic (exact) mass is 396 g/mol. The van der Waals surface area contributed by atoms with E-state index in [0.717, 1.165) is 6.07 Å². The molecule has 10 heteroatoms. The van der Waals surface area contributed by atoms with Crippen LogP contribution in [-0.4, -0.2) is 42.2 Å². The Hall–Kier alpha value is -1.19. The molecule has 1 fully saturated rings. The molecule has 2 rings (SSSR count). The van der Waals surface area contributed by atoms with Crippen molar-refractivity contribution in [3.05, 3.63) is 38.3 Å². The molecule has 0 radical (unpaired) electrons. The number of amides is 1. The third-order valence-corrected chi connectivity index (χ3v) is 5.79. The molecule has 1 heterocycles. The normalized spacial score (nSPS) is 23.7. The molecule has 0 spiro atoms. The number of non-ortho nitro benzene ring substituents is 1. The van der Waals surface area contributed by atoms with Gasteiger partial charge < -0.3 is 5.32 Å². The second kappa shape index (κ2) is 5.90. The zero-order valence-electron chi connectivity index (χ0n) is 10.5. The Morgan fingerprint density at radius 3 is 2.57 bits per heavy atom. The number of alkyl halides is 1. The highest BCUT2D eigenvalue weighted by molar-refractivity contribution is 9.10. The number of sulfone groups is 1. The Bertz CT molecular complexity index is 709. The number of nitrogens with one attached hydrogen (secondary N) is 1.